The maximum absolute atomic E-state index is 5.47. The van der Waals surface area contributed by atoms with E-state index in [0.717, 1.165) is 51.9 Å². The van der Waals surface area contributed by atoms with Crippen molar-refractivity contribution in [1.29, 1.82) is 0 Å². The van der Waals surface area contributed by atoms with Gasteiger partial charge in [-0.15, -0.1) is 11.3 Å². The zero-order chi connectivity index (χ0) is 14.9. The molecule has 1 atom stereocenters. The summed E-state index contributed by atoms with van der Waals surface area (Å²) in [6.07, 6.45) is 0. The SMILES string of the molecule is CCNC(=NCC(c1cccs1)N1CCOCC1)NCC. The first-order valence-corrected chi connectivity index (χ1v) is 8.60. The van der Waals surface area contributed by atoms with Gasteiger partial charge in [-0.2, -0.15) is 0 Å². The molecule has 21 heavy (non-hydrogen) atoms. The molecule has 5 nitrogen and oxygen atoms in total. The molecule has 1 aromatic heterocycles. The molecule has 1 fully saturated rings. The molecule has 0 bridgehead atoms. The summed E-state index contributed by atoms with van der Waals surface area (Å²) in [4.78, 5) is 8.62. The lowest BCUT2D eigenvalue weighted by atomic mass is 10.2. The highest BCUT2D eigenvalue weighted by Crippen LogP contribution is 2.26. The van der Waals surface area contributed by atoms with Gasteiger partial charge in [0.1, 0.15) is 0 Å². The van der Waals surface area contributed by atoms with Crippen LogP contribution in [0.25, 0.3) is 0 Å². The first kappa shape index (κ1) is 16.3. The van der Waals surface area contributed by atoms with Gasteiger partial charge in [0.2, 0.25) is 0 Å². The highest BCUT2D eigenvalue weighted by Gasteiger charge is 2.23. The smallest absolute Gasteiger partial charge is 0.191 e. The van der Waals surface area contributed by atoms with Gasteiger partial charge in [-0.25, -0.2) is 0 Å². The van der Waals surface area contributed by atoms with Gasteiger partial charge in [-0.1, -0.05) is 6.07 Å². The van der Waals surface area contributed by atoms with Gasteiger partial charge in [0.05, 0.1) is 25.8 Å². The fourth-order valence-electron chi connectivity index (χ4n) is 2.44. The zero-order valence-electron chi connectivity index (χ0n) is 13.0. The van der Waals surface area contributed by atoms with Crippen LogP contribution in [0.4, 0.5) is 0 Å². The fraction of sp³-hybridized carbons (Fsp3) is 0.667. The summed E-state index contributed by atoms with van der Waals surface area (Å²) in [5, 5.41) is 8.71. The van der Waals surface area contributed by atoms with E-state index in [2.05, 4.69) is 46.9 Å². The van der Waals surface area contributed by atoms with Crippen molar-refractivity contribution in [1.82, 2.24) is 15.5 Å². The number of aliphatic imine (C=N–C) groups is 1. The summed E-state index contributed by atoms with van der Waals surface area (Å²) in [6, 6.07) is 4.67. The van der Waals surface area contributed by atoms with Crippen molar-refractivity contribution in [3.63, 3.8) is 0 Å². The Morgan fingerprint density at radius 2 is 2.05 bits per heavy atom. The molecule has 0 aromatic carbocycles. The number of nitrogens with one attached hydrogen (secondary N) is 2. The third kappa shape index (κ3) is 4.98. The van der Waals surface area contributed by atoms with Crippen LogP contribution in [0, 0.1) is 0 Å². The standard InChI is InChI=1S/C15H26N4OS/c1-3-16-15(17-4-2)18-12-13(14-6-5-11-21-14)19-7-9-20-10-8-19/h5-6,11,13H,3-4,7-10,12H2,1-2H3,(H2,16,17,18). The minimum Gasteiger partial charge on any atom is -0.379 e. The zero-order valence-corrected chi connectivity index (χ0v) is 13.8. The Bertz CT molecular complexity index is 407. The Balaban J connectivity index is 2.06. The number of thiophene rings is 1. The summed E-state index contributed by atoms with van der Waals surface area (Å²) in [5.74, 6) is 0.898. The molecule has 0 spiro atoms. The average molecular weight is 310 g/mol. The predicted octanol–water partition coefficient (Wildman–Crippen LogP) is 1.70. The second kappa shape index (κ2) is 9.02. The van der Waals surface area contributed by atoms with E-state index in [9.17, 15) is 0 Å². The van der Waals surface area contributed by atoms with Gasteiger partial charge >= 0.3 is 0 Å². The van der Waals surface area contributed by atoms with Crippen LogP contribution in [0.15, 0.2) is 22.5 Å². The van der Waals surface area contributed by atoms with E-state index in [-0.39, 0.29) is 0 Å². The summed E-state index contributed by atoms with van der Waals surface area (Å²) in [7, 11) is 0. The fourth-order valence-corrected chi connectivity index (χ4v) is 3.29. The lowest BCUT2D eigenvalue weighted by Crippen LogP contribution is -2.41. The van der Waals surface area contributed by atoms with Crippen LogP contribution in [0.2, 0.25) is 0 Å². The van der Waals surface area contributed by atoms with Crippen molar-refractivity contribution in [2.45, 2.75) is 19.9 Å². The molecule has 1 aromatic rings. The second-order valence-corrected chi connectivity index (χ2v) is 5.91. The number of morpholine rings is 1. The molecule has 118 valence electrons. The van der Waals surface area contributed by atoms with Crippen LogP contribution in [0.3, 0.4) is 0 Å². The normalized spacial score (nSPS) is 17.2. The molecule has 1 aliphatic heterocycles. The molecule has 1 unspecified atom stereocenters. The summed E-state index contributed by atoms with van der Waals surface area (Å²) < 4.78 is 5.47. The van der Waals surface area contributed by atoms with Crippen molar-refractivity contribution in [3.8, 4) is 0 Å². The highest BCUT2D eigenvalue weighted by atomic mass is 32.1. The minimum absolute atomic E-state index is 0.348. The number of ether oxygens (including phenoxy) is 1. The van der Waals surface area contributed by atoms with Crippen LogP contribution in [-0.4, -0.2) is 56.8 Å². The quantitative estimate of drug-likeness (QED) is 0.620. The molecule has 2 heterocycles. The van der Waals surface area contributed by atoms with E-state index >= 15 is 0 Å². The molecular formula is C15H26N4OS. The van der Waals surface area contributed by atoms with Crippen molar-refractivity contribution in [2.24, 2.45) is 4.99 Å². The number of guanidine groups is 1. The lowest BCUT2D eigenvalue weighted by Gasteiger charge is -2.33. The second-order valence-electron chi connectivity index (χ2n) is 4.93. The molecule has 0 aliphatic carbocycles. The van der Waals surface area contributed by atoms with Crippen molar-refractivity contribution in [3.05, 3.63) is 22.4 Å². The van der Waals surface area contributed by atoms with E-state index in [4.69, 9.17) is 9.73 Å². The van der Waals surface area contributed by atoms with Crippen molar-refractivity contribution in [2.75, 3.05) is 45.9 Å². The molecule has 1 aliphatic rings. The number of rotatable bonds is 6. The molecular weight excluding hydrogens is 284 g/mol. The maximum atomic E-state index is 5.47. The molecule has 6 heteroatoms. The van der Waals surface area contributed by atoms with E-state index in [0.29, 0.717) is 6.04 Å². The summed E-state index contributed by atoms with van der Waals surface area (Å²) in [5.41, 5.74) is 0. The van der Waals surface area contributed by atoms with Gasteiger partial charge in [-0.05, 0) is 25.3 Å². The first-order chi connectivity index (χ1) is 10.3. The maximum Gasteiger partial charge on any atom is 0.191 e. The van der Waals surface area contributed by atoms with E-state index in [1.807, 2.05) is 11.3 Å². The number of hydrogen-bond donors (Lipinski definition) is 2. The van der Waals surface area contributed by atoms with Crippen molar-refractivity contribution >= 4 is 17.3 Å². The Kier molecular flexibility index (Phi) is 6.99. The summed E-state index contributed by atoms with van der Waals surface area (Å²) >= 11 is 1.81. The largest absolute Gasteiger partial charge is 0.379 e. The topological polar surface area (TPSA) is 48.9 Å². The Labute approximate surface area is 131 Å². The van der Waals surface area contributed by atoms with Crippen LogP contribution >= 0.6 is 11.3 Å². The molecule has 0 amide bonds. The Hall–Kier alpha value is -1.11. The van der Waals surface area contributed by atoms with Gasteiger partial charge in [-0.3, -0.25) is 9.89 Å². The molecule has 2 rings (SSSR count). The number of nitrogens with zero attached hydrogens (tertiary/aromatic N) is 2. The molecule has 2 N–H and O–H groups in total. The van der Waals surface area contributed by atoms with E-state index in [1.165, 1.54) is 4.88 Å². The highest BCUT2D eigenvalue weighted by molar-refractivity contribution is 7.10. The average Bonchev–Trinajstić information content (AvgIpc) is 3.03. The Morgan fingerprint density at radius 3 is 2.62 bits per heavy atom. The lowest BCUT2D eigenvalue weighted by molar-refractivity contribution is 0.0186. The third-order valence-corrected chi connectivity index (χ3v) is 4.44. The Morgan fingerprint density at radius 1 is 1.33 bits per heavy atom. The third-order valence-electron chi connectivity index (χ3n) is 3.47. The van der Waals surface area contributed by atoms with Crippen LogP contribution in [0.1, 0.15) is 24.8 Å². The predicted molar refractivity (Wildman–Crippen MR) is 89.1 cm³/mol. The molecule has 0 radical (unpaired) electrons. The minimum atomic E-state index is 0.348. The van der Waals surface area contributed by atoms with Gasteiger partial charge in [0.15, 0.2) is 5.96 Å². The van der Waals surface area contributed by atoms with Gasteiger partial charge in [0.25, 0.3) is 0 Å². The first-order valence-electron chi connectivity index (χ1n) is 7.72. The van der Waals surface area contributed by atoms with Crippen molar-refractivity contribution < 1.29 is 4.74 Å². The molecule has 1 saturated heterocycles. The van der Waals surface area contributed by atoms with E-state index in [1.54, 1.807) is 0 Å². The van der Waals surface area contributed by atoms with Gasteiger partial charge < -0.3 is 15.4 Å². The molecule has 0 saturated carbocycles. The monoisotopic (exact) mass is 310 g/mol. The number of hydrogen-bond acceptors (Lipinski definition) is 4. The van der Waals surface area contributed by atoms with Crippen LogP contribution in [-0.2, 0) is 4.74 Å². The van der Waals surface area contributed by atoms with Crippen LogP contribution in [0.5, 0.6) is 0 Å². The van der Waals surface area contributed by atoms with E-state index < -0.39 is 0 Å². The van der Waals surface area contributed by atoms with Crippen LogP contribution < -0.4 is 10.6 Å². The van der Waals surface area contributed by atoms with Gasteiger partial charge in [0, 0.05) is 31.1 Å². The summed E-state index contributed by atoms with van der Waals surface area (Å²) in [6.45, 7) is 10.3.